The van der Waals surface area contributed by atoms with Crippen molar-refractivity contribution in [2.75, 3.05) is 0 Å². The van der Waals surface area contributed by atoms with Gasteiger partial charge in [0.25, 0.3) is 0 Å². The van der Waals surface area contributed by atoms with E-state index in [0.29, 0.717) is 5.56 Å². The molecule has 0 aliphatic carbocycles. The van der Waals surface area contributed by atoms with E-state index in [2.05, 4.69) is 0 Å². The van der Waals surface area contributed by atoms with Crippen molar-refractivity contribution in [1.82, 2.24) is 0 Å². The first-order chi connectivity index (χ1) is 14.2. The van der Waals surface area contributed by atoms with Crippen LogP contribution in [0.2, 0.25) is 0 Å². The number of hydrogen-bond donors (Lipinski definition) is 6. The lowest BCUT2D eigenvalue weighted by Gasteiger charge is -2.39. The number of aromatic hydroxyl groups is 3. The molecule has 1 fully saturated rings. The molecular formula is C21H20O9. The highest BCUT2D eigenvalue weighted by Crippen LogP contribution is 2.43. The monoisotopic (exact) mass is 416 g/mol. The lowest BCUT2D eigenvalue weighted by molar-refractivity contribution is -0.219. The summed E-state index contributed by atoms with van der Waals surface area (Å²) in [6.07, 6.45) is -6.82. The van der Waals surface area contributed by atoms with Crippen LogP contribution in [0.4, 0.5) is 0 Å². The molecular weight excluding hydrogens is 396 g/mol. The second-order valence-corrected chi connectivity index (χ2v) is 7.29. The standard InChI is InChI=1S/C21H20O9/c1-8-17(26)18(27)19(28)21(29-8)16-12(24)6-11(23)15-13(25)7-14(30-20(15)16)9-2-4-10(22)5-3-9/h2-8,17-19,21-24,26-28H,1H3/t8-,17+,18+,19+,21+/m1/s1. The number of aliphatic hydroxyl groups excluding tert-OH is 3. The van der Waals surface area contributed by atoms with E-state index in [9.17, 15) is 35.4 Å². The van der Waals surface area contributed by atoms with E-state index >= 15 is 0 Å². The molecule has 5 atom stereocenters. The SMILES string of the molecule is C[C@H]1O[C@@H](c2c(O)cc(O)c3c(=O)cc(-c4ccc(O)cc4)oc23)[C@@H](O)[C@@H](O)[C@H]1O. The fourth-order valence-corrected chi connectivity index (χ4v) is 3.65. The molecule has 6 N–H and O–H groups in total. The van der Waals surface area contributed by atoms with Gasteiger partial charge in [0.2, 0.25) is 0 Å². The van der Waals surface area contributed by atoms with Gasteiger partial charge < -0.3 is 39.8 Å². The van der Waals surface area contributed by atoms with E-state index in [0.717, 1.165) is 12.1 Å². The summed E-state index contributed by atoms with van der Waals surface area (Å²) >= 11 is 0. The van der Waals surface area contributed by atoms with Crippen LogP contribution in [0.3, 0.4) is 0 Å². The van der Waals surface area contributed by atoms with Gasteiger partial charge in [0.05, 0.1) is 11.7 Å². The van der Waals surface area contributed by atoms with E-state index in [-0.39, 0.29) is 28.0 Å². The molecule has 4 rings (SSSR count). The molecule has 3 aromatic rings. The zero-order valence-electron chi connectivity index (χ0n) is 15.8. The van der Waals surface area contributed by atoms with Crippen molar-refractivity contribution in [1.29, 1.82) is 0 Å². The molecule has 9 nitrogen and oxygen atoms in total. The van der Waals surface area contributed by atoms with Crippen molar-refractivity contribution >= 4 is 11.0 Å². The van der Waals surface area contributed by atoms with Crippen LogP contribution >= 0.6 is 0 Å². The summed E-state index contributed by atoms with van der Waals surface area (Å²) < 4.78 is 11.4. The quantitative estimate of drug-likeness (QED) is 0.360. The fraction of sp³-hybridized carbons (Fsp3) is 0.286. The summed E-state index contributed by atoms with van der Waals surface area (Å²) in [6, 6.07) is 7.88. The van der Waals surface area contributed by atoms with E-state index in [4.69, 9.17) is 9.15 Å². The molecule has 0 bridgehead atoms. The molecule has 0 unspecified atom stereocenters. The van der Waals surface area contributed by atoms with Gasteiger partial charge in [-0.25, -0.2) is 0 Å². The van der Waals surface area contributed by atoms with Crippen LogP contribution in [0.5, 0.6) is 17.2 Å². The number of benzene rings is 2. The Labute approximate surface area is 169 Å². The lowest BCUT2D eigenvalue weighted by atomic mass is 9.90. The van der Waals surface area contributed by atoms with Crippen molar-refractivity contribution in [3.05, 3.63) is 52.2 Å². The zero-order valence-corrected chi connectivity index (χ0v) is 15.8. The molecule has 0 amide bonds. The average Bonchev–Trinajstić information content (AvgIpc) is 2.70. The lowest BCUT2D eigenvalue weighted by Crippen LogP contribution is -2.53. The largest absolute Gasteiger partial charge is 0.508 e. The number of rotatable bonds is 2. The zero-order chi connectivity index (χ0) is 21.7. The van der Waals surface area contributed by atoms with Crippen LogP contribution < -0.4 is 5.43 Å². The maximum Gasteiger partial charge on any atom is 0.197 e. The molecule has 1 aromatic heterocycles. The van der Waals surface area contributed by atoms with Crippen molar-refractivity contribution in [3.8, 4) is 28.6 Å². The minimum Gasteiger partial charge on any atom is -0.508 e. The van der Waals surface area contributed by atoms with E-state index in [1.807, 2.05) is 0 Å². The second kappa shape index (κ2) is 7.29. The first-order valence-electron chi connectivity index (χ1n) is 9.20. The van der Waals surface area contributed by atoms with Gasteiger partial charge in [0, 0.05) is 17.7 Å². The predicted molar refractivity (Wildman–Crippen MR) is 104 cm³/mol. The molecule has 1 aliphatic rings. The molecule has 0 saturated carbocycles. The Kier molecular flexibility index (Phi) is 4.91. The van der Waals surface area contributed by atoms with Crippen LogP contribution in [-0.2, 0) is 4.74 Å². The Morgan fingerprint density at radius 3 is 2.20 bits per heavy atom. The van der Waals surface area contributed by atoms with Crippen LogP contribution in [-0.4, -0.2) is 55.1 Å². The van der Waals surface area contributed by atoms with Gasteiger partial charge in [-0.2, -0.15) is 0 Å². The minimum atomic E-state index is -1.64. The molecule has 2 heterocycles. The summed E-state index contributed by atoms with van der Waals surface area (Å²) in [6.45, 7) is 1.48. The van der Waals surface area contributed by atoms with E-state index in [1.165, 1.54) is 31.2 Å². The molecule has 30 heavy (non-hydrogen) atoms. The Balaban J connectivity index is 1.97. The predicted octanol–water partition coefficient (Wildman–Crippen LogP) is 1.12. The van der Waals surface area contributed by atoms with Crippen molar-refractivity contribution < 1.29 is 39.8 Å². The van der Waals surface area contributed by atoms with Crippen LogP contribution in [0, 0.1) is 0 Å². The van der Waals surface area contributed by atoms with Crippen LogP contribution in [0.25, 0.3) is 22.3 Å². The molecule has 0 radical (unpaired) electrons. The summed E-state index contributed by atoms with van der Waals surface area (Å²) in [4.78, 5) is 12.7. The molecule has 0 spiro atoms. The maximum atomic E-state index is 12.7. The Morgan fingerprint density at radius 1 is 0.867 bits per heavy atom. The highest BCUT2D eigenvalue weighted by atomic mass is 16.5. The normalized spacial score (nSPS) is 26.7. The summed E-state index contributed by atoms with van der Waals surface area (Å²) in [7, 11) is 0. The summed E-state index contributed by atoms with van der Waals surface area (Å²) in [5, 5.41) is 60.5. The Hall–Kier alpha value is -3.11. The Morgan fingerprint density at radius 2 is 1.53 bits per heavy atom. The number of fused-ring (bicyclic) bond motifs is 1. The number of aliphatic hydroxyl groups is 3. The molecule has 1 saturated heterocycles. The Bertz CT molecular complexity index is 1150. The number of hydrogen-bond acceptors (Lipinski definition) is 9. The topological polar surface area (TPSA) is 161 Å². The number of phenolic OH excluding ortho intramolecular Hbond substituents is 3. The molecule has 1 aliphatic heterocycles. The van der Waals surface area contributed by atoms with Crippen LogP contribution in [0.15, 0.2) is 45.6 Å². The third-order valence-electron chi connectivity index (χ3n) is 5.29. The third-order valence-corrected chi connectivity index (χ3v) is 5.29. The highest BCUT2D eigenvalue weighted by Gasteiger charge is 2.44. The van der Waals surface area contributed by atoms with Crippen LogP contribution in [0.1, 0.15) is 18.6 Å². The summed E-state index contributed by atoms with van der Waals surface area (Å²) in [5.74, 6) is -0.960. The number of ether oxygens (including phenoxy) is 1. The van der Waals surface area contributed by atoms with E-state index < -0.39 is 47.4 Å². The molecule has 2 aromatic carbocycles. The second-order valence-electron chi connectivity index (χ2n) is 7.29. The van der Waals surface area contributed by atoms with Gasteiger partial charge in [0.1, 0.15) is 52.8 Å². The first kappa shape index (κ1) is 20.2. The van der Waals surface area contributed by atoms with Gasteiger partial charge in [-0.1, -0.05) is 0 Å². The highest BCUT2D eigenvalue weighted by molar-refractivity contribution is 5.89. The van der Waals surface area contributed by atoms with Crippen molar-refractivity contribution in [2.24, 2.45) is 0 Å². The third kappa shape index (κ3) is 3.17. The van der Waals surface area contributed by atoms with Gasteiger partial charge in [-0.3, -0.25) is 4.79 Å². The van der Waals surface area contributed by atoms with Gasteiger partial charge >= 0.3 is 0 Å². The molecule has 158 valence electrons. The van der Waals surface area contributed by atoms with E-state index in [1.54, 1.807) is 0 Å². The molecule has 9 heteroatoms. The van der Waals surface area contributed by atoms with Gasteiger partial charge in [-0.05, 0) is 31.2 Å². The first-order valence-corrected chi connectivity index (χ1v) is 9.20. The average molecular weight is 416 g/mol. The van der Waals surface area contributed by atoms with Crippen molar-refractivity contribution in [3.63, 3.8) is 0 Å². The minimum absolute atomic E-state index is 0.0122. The summed E-state index contributed by atoms with van der Waals surface area (Å²) in [5.41, 5.74) is -0.555. The fourth-order valence-electron chi connectivity index (χ4n) is 3.65. The smallest absolute Gasteiger partial charge is 0.197 e. The van der Waals surface area contributed by atoms with Gasteiger partial charge in [-0.15, -0.1) is 0 Å². The number of phenols is 3. The maximum absolute atomic E-state index is 12.7. The van der Waals surface area contributed by atoms with Gasteiger partial charge in [0.15, 0.2) is 11.0 Å². The van der Waals surface area contributed by atoms with Crippen molar-refractivity contribution in [2.45, 2.75) is 37.4 Å².